The number of rotatable bonds is 3. The summed E-state index contributed by atoms with van der Waals surface area (Å²) in [6.45, 7) is 4.44. The lowest BCUT2D eigenvalue weighted by Gasteiger charge is -2.23. The van der Waals surface area contributed by atoms with Gasteiger partial charge in [-0.05, 0) is 32.3 Å². The highest BCUT2D eigenvalue weighted by molar-refractivity contribution is 6.38. The molecule has 0 aliphatic carbocycles. The van der Waals surface area contributed by atoms with E-state index in [1.165, 1.54) is 0 Å². The summed E-state index contributed by atoms with van der Waals surface area (Å²) < 4.78 is 3.49. The standard InChI is InChI=1S/C22H26ClN7O/c1-3-30-12-16-17(27-30)7-6-14(19(16)23)15-11-25-20-18(15)21(31)28(2)22(26-20)29-9-4-5-13(24)8-10-29/h6-7,11-13,25H,3-5,8-10,24H2,1-2H3/t13-/m1/s1. The summed E-state index contributed by atoms with van der Waals surface area (Å²) in [5.74, 6) is 0.672. The first-order valence-corrected chi connectivity index (χ1v) is 11.1. The van der Waals surface area contributed by atoms with Gasteiger partial charge in [-0.3, -0.25) is 14.0 Å². The highest BCUT2D eigenvalue weighted by atomic mass is 35.5. The summed E-state index contributed by atoms with van der Waals surface area (Å²) in [7, 11) is 1.78. The summed E-state index contributed by atoms with van der Waals surface area (Å²) in [4.78, 5) is 23.6. The third-order valence-electron chi connectivity index (χ3n) is 6.23. The van der Waals surface area contributed by atoms with Gasteiger partial charge < -0.3 is 15.6 Å². The molecule has 5 rings (SSSR count). The third kappa shape index (κ3) is 3.30. The molecule has 162 valence electrons. The number of H-pyrrole nitrogens is 1. The minimum atomic E-state index is -0.0924. The Labute approximate surface area is 184 Å². The zero-order chi connectivity index (χ0) is 21.7. The number of nitrogens with two attached hydrogens (primary N) is 1. The van der Waals surface area contributed by atoms with Crippen molar-refractivity contribution in [1.82, 2.24) is 24.3 Å². The number of aryl methyl sites for hydroxylation is 1. The van der Waals surface area contributed by atoms with Crippen LogP contribution in [0.5, 0.6) is 0 Å². The normalized spacial score (nSPS) is 17.5. The highest BCUT2D eigenvalue weighted by Gasteiger charge is 2.22. The first-order valence-electron chi connectivity index (χ1n) is 10.7. The second kappa shape index (κ2) is 7.69. The molecule has 0 bridgehead atoms. The Kier molecular flexibility index (Phi) is 4.98. The molecule has 1 fully saturated rings. The van der Waals surface area contributed by atoms with Crippen LogP contribution in [0.3, 0.4) is 0 Å². The number of hydrogen-bond acceptors (Lipinski definition) is 5. The molecule has 0 saturated carbocycles. The molecular formula is C22H26ClN7O. The van der Waals surface area contributed by atoms with Crippen molar-refractivity contribution in [3.8, 4) is 11.1 Å². The minimum Gasteiger partial charge on any atom is -0.345 e. The Bertz CT molecular complexity index is 1340. The van der Waals surface area contributed by atoms with E-state index in [1.807, 2.05) is 36.1 Å². The SMILES string of the molecule is CCn1cc2c(Cl)c(-c3c[nH]c4nc(N5CCC[C@@H](N)CC5)n(C)c(=O)c34)ccc2n1. The number of fused-ring (bicyclic) bond motifs is 2. The van der Waals surface area contributed by atoms with Gasteiger partial charge in [0.15, 0.2) is 0 Å². The zero-order valence-corrected chi connectivity index (χ0v) is 18.5. The molecule has 0 radical (unpaired) electrons. The van der Waals surface area contributed by atoms with Gasteiger partial charge >= 0.3 is 0 Å². The molecular weight excluding hydrogens is 414 g/mol. The first-order chi connectivity index (χ1) is 15.0. The van der Waals surface area contributed by atoms with Crippen molar-refractivity contribution in [2.24, 2.45) is 12.8 Å². The summed E-state index contributed by atoms with van der Waals surface area (Å²) in [6, 6.07) is 4.06. The molecule has 0 amide bonds. The third-order valence-corrected chi connectivity index (χ3v) is 6.64. The van der Waals surface area contributed by atoms with Crippen LogP contribution in [0.25, 0.3) is 33.1 Å². The van der Waals surface area contributed by atoms with Gasteiger partial charge in [0.2, 0.25) is 5.95 Å². The molecule has 4 heterocycles. The number of hydrogen-bond donors (Lipinski definition) is 2. The maximum absolute atomic E-state index is 13.4. The predicted molar refractivity (Wildman–Crippen MR) is 125 cm³/mol. The molecule has 1 atom stereocenters. The van der Waals surface area contributed by atoms with Crippen LogP contribution < -0.4 is 16.2 Å². The van der Waals surface area contributed by atoms with E-state index in [2.05, 4.69) is 15.0 Å². The number of halogens is 1. The number of aromatic amines is 1. The van der Waals surface area contributed by atoms with Gasteiger partial charge in [0, 0.05) is 61.6 Å². The summed E-state index contributed by atoms with van der Waals surface area (Å²) in [5, 5.41) is 6.52. The van der Waals surface area contributed by atoms with Crippen LogP contribution in [0.1, 0.15) is 26.2 Å². The van der Waals surface area contributed by atoms with E-state index < -0.39 is 0 Å². The smallest absolute Gasteiger partial charge is 0.264 e. The van der Waals surface area contributed by atoms with Gasteiger partial charge in [-0.2, -0.15) is 10.1 Å². The summed E-state index contributed by atoms with van der Waals surface area (Å²) in [6.07, 6.45) is 6.64. The highest BCUT2D eigenvalue weighted by Crippen LogP contribution is 2.36. The van der Waals surface area contributed by atoms with Crippen molar-refractivity contribution < 1.29 is 0 Å². The van der Waals surface area contributed by atoms with Crippen LogP contribution in [-0.4, -0.2) is 43.4 Å². The molecule has 3 N–H and O–H groups in total. The van der Waals surface area contributed by atoms with Crippen molar-refractivity contribution >= 4 is 39.5 Å². The first kappa shape index (κ1) is 20.1. The van der Waals surface area contributed by atoms with Gasteiger partial charge in [-0.1, -0.05) is 17.7 Å². The Balaban J connectivity index is 1.64. The molecule has 4 aromatic rings. The lowest BCUT2D eigenvalue weighted by Crippen LogP contribution is -2.33. The number of nitrogens with one attached hydrogen (secondary N) is 1. The average Bonchev–Trinajstić information content (AvgIpc) is 3.32. The van der Waals surface area contributed by atoms with E-state index in [1.54, 1.807) is 11.6 Å². The van der Waals surface area contributed by atoms with Crippen molar-refractivity contribution in [2.45, 2.75) is 38.8 Å². The number of benzene rings is 1. The molecule has 1 saturated heterocycles. The topological polar surface area (TPSA) is 97.8 Å². The van der Waals surface area contributed by atoms with Crippen LogP contribution >= 0.6 is 11.6 Å². The van der Waals surface area contributed by atoms with Crippen LogP contribution in [0.2, 0.25) is 5.02 Å². The number of aromatic nitrogens is 5. The molecule has 0 unspecified atom stereocenters. The molecule has 3 aromatic heterocycles. The van der Waals surface area contributed by atoms with Crippen molar-refractivity contribution in [3.05, 3.63) is 39.9 Å². The van der Waals surface area contributed by atoms with Gasteiger partial charge in [-0.25, -0.2) is 0 Å². The van der Waals surface area contributed by atoms with Crippen molar-refractivity contribution in [3.63, 3.8) is 0 Å². The van der Waals surface area contributed by atoms with Crippen LogP contribution in [-0.2, 0) is 13.6 Å². The Hall–Kier alpha value is -2.84. The lowest BCUT2D eigenvalue weighted by atomic mass is 10.0. The molecule has 1 aliphatic rings. The van der Waals surface area contributed by atoms with Gasteiger partial charge in [0.05, 0.1) is 15.9 Å². The second-order valence-corrected chi connectivity index (χ2v) is 8.60. The van der Waals surface area contributed by atoms with Crippen molar-refractivity contribution in [1.29, 1.82) is 0 Å². The Morgan fingerprint density at radius 1 is 1.26 bits per heavy atom. The summed E-state index contributed by atoms with van der Waals surface area (Å²) in [5.41, 5.74) is 8.99. The van der Waals surface area contributed by atoms with E-state index in [0.29, 0.717) is 22.0 Å². The number of anilines is 1. The lowest BCUT2D eigenvalue weighted by molar-refractivity contribution is 0.601. The fraction of sp³-hybridized carbons (Fsp3) is 0.409. The monoisotopic (exact) mass is 439 g/mol. The van der Waals surface area contributed by atoms with Crippen molar-refractivity contribution in [2.75, 3.05) is 18.0 Å². The fourth-order valence-electron chi connectivity index (χ4n) is 4.45. The van der Waals surface area contributed by atoms with E-state index in [4.69, 9.17) is 22.3 Å². The van der Waals surface area contributed by atoms with E-state index in [9.17, 15) is 4.79 Å². The fourth-order valence-corrected chi connectivity index (χ4v) is 4.76. The maximum atomic E-state index is 13.4. The Morgan fingerprint density at radius 3 is 2.90 bits per heavy atom. The van der Waals surface area contributed by atoms with Gasteiger partial charge in [0.1, 0.15) is 5.65 Å². The average molecular weight is 440 g/mol. The zero-order valence-electron chi connectivity index (χ0n) is 17.7. The molecule has 1 aliphatic heterocycles. The molecule has 0 spiro atoms. The molecule has 31 heavy (non-hydrogen) atoms. The van der Waals surface area contributed by atoms with Crippen LogP contribution in [0, 0.1) is 0 Å². The largest absolute Gasteiger partial charge is 0.345 e. The van der Waals surface area contributed by atoms with Gasteiger partial charge in [0.25, 0.3) is 5.56 Å². The Morgan fingerprint density at radius 2 is 2.10 bits per heavy atom. The van der Waals surface area contributed by atoms with Crippen LogP contribution in [0.4, 0.5) is 5.95 Å². The molecule has 9 heteroatoms. The summed E-state index contributed by atoms with van der Waals surface area (Å²) >= 11 is 6.76. The van der Waals surface area contributed by atoms with E-state index >= 15 is 0 Å². The second-order valence-electron chi connectivity index (χ2n) is 8.22. The maximum Gasteiger partial charge on any atom is 0.264 e. The minimum absolute atomic E-state index is 0.0924. The quantitative estimate of drug-likeness (QED) is 0.510. The van der Waals surface area contributed by atoms with Crippen LogP contribution in [0.15, 0.2) is 29.3 Å². The molecule has 8 nitrogen and oxygen atoms in total. The van der Waals surface area contributed by atoms with Gasteiger partial charge in [-0.15, -0.1) is 0 Å². The predicted octanol–water partition coefficient (Wildman–Crippen LogP) is 3.27. The van der Waals surface area contributed by atoms with E-state index in [-0.39, 0.29) is 11.6 Å². The number of nitrogens with zero attached hydrogens (tertiary/aromatic N) is 5. The molecule has 1 aromatic carbocycles. The van der Waals surface area contributed by atoms with E-state index in [0.717, 1.165) is 60.9 Å².